The maximum atomic E-state index is 14.3. The molecule has 1 saturated heterocycles. The smallest absolute Gasteiger partial charge is 0.229 e. The molecule has 154 valence electrons. The van der Waals surface area contributed by atoms with Crippen LogP contribution in [0.2, 0.25) is 0 Å². The lowest BCUT2D eigenvalue weighted by Gasteiger charge is -2.38. The number of aromatic nitrogens is 2. The van der Waals surface area contributed by atoms with Gasteiger partial charge >= 0.3 is 0 Å². The SMILES string of the molecule is Cc1ccc(F)c(-c2cnc(N3CC4(COC4)c4ccc(SN(C)C)cc43)nc2)c1. The Morgan fingerprint density at radius 2 is 1.87 bits per heavy atom. The molecule has 1 spiro atoms. The number of hydrogen-bond donors (Lipinski definition) is 0. The van der Waals surface area contributed by atoms with Gasteiger partial charge in [0.2, 0.25) is 5.95 Å². The van der Waals surface area contributed by atoms with Gasteiger partial charge in [0.05, 0.1) is 18.6 Å². The fraction of sp³-hybridized carbons (Fsp3) is 0.304. The molecule has 3 aromatic rings. The summed E-state index contributed by atoms with van der Waals surface area (Å²) in [6.07, 6.45) is 3.42. The zero-order chi connectivity index (χ0) is 20.9. The zero-order valence-corrected chi connectivity index (χ0v) is 18.0. The van der Waals surface area contributed by atoms with E-state index in [0.29, 0.717) is 30.3 Å². The molecular formula is C23H23FN4OS. The van der Waals surface area contributed by atoms with E-state index in [9.17, 15) is 4.39 Å². The predicted octanol–water partition coefficient (Wildman–Crippen LogP) is 4.58. The summed E-state index contributed by atoms with van der Waals surface area (Å²) in [6, 6.07) is 11.6. The van der Waals surface area contributed by atoms with Crippen LogP contribution < -0.4 is 4.90 Å². The lowest BCUT2D eigenvalue weighted by atomic mass is 9.81. The molecule has 5 rings (SSSR count). The number of rotatable bonds is 4. The standard InChI is InChI=1S/C23H23FN4OS/c1-15-4-7-20(24)18(8-15)16-10-25-22(26-11-16)28-12-23(13-29-14-23)19-6-5-17(9-21(19)28)30-27(2)3/h4-11H,12-14H2,1-3H3. The van der Waals surface area contributed by atoms with Crippen LogP contribution in [0, 0.1) is 12.7 Å². The molecule has 0 aliphatic carbocycles. The van der Waals surface area contributed by atoms with E-state index in [1.165, 1.54) is 16.5 Å². The van der Waals surface area contributed by atoms with Crippen molar-refractivity contribution in [2.24, 2.45) is 0 Å². The second-order valence-electron chi connectivity index (χ2n) is 8.20. The Bertz CT molecular complexity index is 1100. The first kappa shape index (κ1) is 19.5. The van der Waals surface area contributed by atoms with Crippen molar-refractivity contribution >= 4 is 23.6 Å². The van der Waals surface area contributed by atoms with Gasteiger partial charge in [0.15, 0.2) is 0 Å². The summed E-state index contributed by atoms with van der Waals surface area (Å²) < 4.78 is 21.9. The molecule has 0 saturated carbocycles. The summed E-state index contributed by atoms with van der Waals surface area (Å²) >= 11 is 1.68. The van der Waals surface area contributed by atoms with E-state index in [2.05, 4.69) is 37.4 Å². The minimum atomic E-state index is -0.264. The molecule has 1 aromatic heterocycles. The van der Waals surface area contributed by atoms with Crippen molar-refractivity contribution < 1.29 is 9.13 Å². The Balaban J connectivity index is 1.51. The molecule has 0 unspecified atom stereocenters. The molecule has 30 heavy (non-hydrogen) atoms. The third-order valence-electron chi connectivity index (χ3n) is 5.65. The van der Waals surface area contributed by atoms with Crippen molar-refractivity contribution in [3.05, 3.63) is 65.7 Å². The van der Waals surface area contributed by atoms with Gasteiger partial charge in [-0.25, -0.2) is 14.4 Å². The van der Waals surface area contributed by atoms with Gasteiger partial charge in [-0.3, -0.25) is 4.31 Å². The molecule has 2 aromatic carbocycles. The highest BCUT2D eigenvalue weighted by atomic mass is 32.2. The first-order chi connectivity index (χ1) is 14.4. The molecular weight excluding hydrogens is 399 g/mol. The topological polar surface area (TPSA) is 41.5 Å². The Morgan fingerprint density at radius 3 is 2.53 bits per heavy atom. The van der Waals surface area contributed by atoms with Gasteiger partial charge in [0.25, 0.3) is 0 Å². The third-order valence-corrected chi connectivity index (χ3v) is 6.48. The van der Waals surface area contributed by atoms with Gasteiger partial charge in [-0.15, -0.1) is 0 Å². The molecule has 0 radical (unpaired) electrons. The first-order valence-electron chi connectivity index (χ1n) is 9.89. The van der Waals surface area contributed by atoms with Gasteiger partial charge in [0, 0.05) is 40.6 Å². The Morgan fingerprint density at radius 1 is 1.10 bits per heavy atom. The molecule has 2 aliphatic rings. The van der Waals surface area contributed by atoms with E-state index < -0.39 is 0 Å². The number of hydrogen-bond acceptors (Lipinski definition) is 6. The monoisotopic (exact) mass is 422 g/mol. The normalized spacial score (nSPS) is 16.8. The summed E-state index contributed by atoms with van der Waals surface area (Å²) in [5, 5.41) is 0. The number of aryl methyl sites for hydroxylation is 1. The minimum absolute atomic E-state index is 0.00132. The van der Waals surface area contributed by atoms with E-state index >= 15 is 0 Å². The fourth-order valence-corrected chi connectivity index (χ4v) is 4.87. The van der Waals surface area contributed by atoms with Crippen LogP contribution in [-0.2, 0) is 10.2 Å². The van der Waals surface area contributed by atoms with Crippen molar-refractivity contribution in [1.82, 2.24) is 14.3 Å². The number of nitrogens with zero attached hydrogens (tertiary/aromatic N) is 4. The van der Waals surface area contributed by atoms with Crippen LogP contribution in [0.15, 0.2) is 53.7 Å². The largest absolute Gasteiger partial charge is 0.379 e. The molecule has 2 aliphatic heterocycles. The first-order valence-corrected chi connectivity index (χ1v) is 10.7. The molecule has 5 nitrogen and oxygen atoms in total. The van der Waals surface area contributed by atoms with Gasteiger partial charge in [-0.05, 0) is 62.8 Å². The molecule has 0 atom stereocenters. The van der Waals surface area contributed by atoms with E-state index in [1.54, 1.807) is 30.4 Å². The van der Waals surface area contributed by atoms with E-state index in [4.69, 9.17) is 4.74 Å². The number of ether oxygens (including phenoxy) is 1. The lowest BCUT2D eigenvalue weighted by molar-refractivity contribution is -0.0507. The second kappa shape index (κ2) is 7.34. The molecule has 7 heteroatoms. The zero-order valence-electron chi connectivity index (χ0n) is 17.2. The minimum Gasteiger partial charge on any atom is -0.379 e. The fourth-order valence-electron chi connectivity index (χ4n) is 4.16. The van der Waals surface area contributed by atoms with Crippen LogP contribution in [-0.4, -0.2) is 48.1 Å². The highest BCUT2D eigenvalue weighted by molar-refractivity contribution is 7.97. The number of halogens is 1. The number of fused-ring (bicyclic) bond motifs is 2. The Hall–Kier alpha value is -2.48. The Labute approximate surface area is 180 Å². The van der Waals surface area contributed by atoms with Crippen LogP contribution in [0.3, 0.4) is 0 Å². The highest BCUT2D eigenvalue weighted by Crippen LogP contribution is 2.48. The third kappa shape index (κ3) is 3.27. The maximum absolute atomic E-state index is 14.3. The van der Waals surface area contributed by atoms with Gasteiger partial charge in [-0.2, -0.15) is 0 Å². The van der Waals surface area contributed by atoms with Gasteiger partial charge in [0.1, 0.15) is 5.82 Å². The van der Waals surface area contributed by atoms with Crippen LogP contribution >= 0.6 is 11.9 Å². The average Bonchev–Trinajstić information content (AvgIpc) is 3.05. The second-order valence-corrected chi connectivity index (χ2v) is 9.58. The summed E-state index contributed by atoms with van der Waals surface area (Å²) in [6.45, 7) is 4.16. The number of anilines is 2. The molecule has 0 bridgehead atoms. The van der Waals surface area contributed by atoms with E-state index in [1.807, 2.05) is 27.1 Å². The van der Waals surface area contributed by atoms with Gasteiger partial charge < -0.3 is 9.64 Å². The lowest BCUT2D eigenvalue weighted by Crippen LogP contribution is -2.49. The van der Waals surface area contributed by atoms with Crippen LogP contribution in [0.25, 0.3) is 11.1 Å². The highest BCUT2D eigenvalue weighted by Gasteiger charge is 2.49. The summed E-state index contributed by atoms with van der Waals surface area (Å²) in [5.41, 5.74) is 4.62. The Kier molecular flexibility index (Phi) is 4.76. The molecule has 0 amide bonds. The van der Waals surface area contributed by atoms with Crippen molar-refractivity contribution in [1.29, 1.82) is 0 Å². The average molecular weight is 423 g/mol. The summed E-state index contributed by atoms with van der Waals surface area (Å²) in [7, 11) is 4.06. The van der Waals surface area contributed by atoms with Crippen LogP contribution in [0.5, 0.6) is 0 Å². The quantitative estimate of drug-likeness (QED) is 0.574. The van der Waals surface area contributed by atoms with Gasteiger partial charge in [-0.1, -0.05) is 17.7 Å². The molecule has 1 fully saturated rings. The predicted molar refractivity (Wildman–Crippen MR) is 118 cm³/mol. The van der Waals surface area contributed by atoms with Crippen LogP contribution in [0.4, 0.5) is 16.0 Å². The summed E-state index contributed by atoms with van der Waals surface area (Å²) in [5.74, 6) is 0.364. The summed E-state index contributed by atoms with van der Waals surface area (Å²) in [4.78, 5) is 12.5. The number of benzene rings is 2. The van der Waals surface area contributed by atoms with E-state index in [-0.39, 0.29) is 11.2 Å². The maximum Gasteiger partial charge on any atom is 0.229 e. The van der Waals surface area contributed by atoms with Crippen molar-refractivity contribution in [3.63, 3.8) is 0 Å². The molecule has 3 heterocycles. The van der Waals surface area contributed by atoms with E-state index in [0.717, 1.165) is 17.8 Å². The molecule has 0 N–H and O–H groups in total. The van der Waals surface area contributed by atoms with Crippen molar-refractivity contribution in [2.75, 3.05) is 38.8 Å². The van der Waals surface area contributed by atoms with Crippen molar-refractivity contribution in [3.8, 4) is 11.1 Å². The van der Waals surface area contributed by atoms with Crippen molar-refractivity contribution in [2.45, 2.75) is 17.2 Å². The van der Waals surface area contributed by atoms with Crippen LogP contribution in [0.1, 0.15) is 11.1 Å².